The molecule has 144 valence electrons. The van der Waals surface area contributed by atoms with Crippen LogP contribution in [-0.2, 0) is 11.3 Å². The number of hydrogen-bond donors (Lipinski definition) is 0. The van der Waals surface area contributed by atoms with Gasteiger partial charge in [-0.1, -0.05) is 0 Å². The van der Waals surface area contributed by atoms with Gasteiger partial charge >= 0.3 is 0 Å². The molecule has 28 heavy (non-hydrogen) atoms. The molecule has 0 saturated carbocycles. The smallest absolute Gasteiger partial charge is 0.205 e. The van der Waals surface area contributed by atoms with Crippen LogP contribution in [0, 0.1) is 0 Å². The first kappa shape index (κ1) is 17.2. The predicted octanol–water partition coefficient (Wildman–Crippen LogP) is 1.69. The normalized spacial score (nSPS) is 15.5. The zero-order valence-corrected chi connectivity index (χ0v) is 16.2. The number of anilines is 1. The Hall–Kier alpha value is -2.92. The third-order valence-electron chi connectivity index (χ3n) is 4.87. The minimum absolute atomic E-state index is 0.304. The lowest BCUT2D eigenvalue weighted by Crippen LogP contribution is -2.33. The van der Waals surface area contributed by atoms with Gasteiger partial charge in [0.25, 0.3) is 0 Å². The number of methoxy groups -OCH3 is 1. The quantitative estimate of drug-likeness (QED) is 0.502. The Labute approximate surface area is 165 Å². The lowest BCUT2D eigenvalue weighted by Gasteiger charge is -2.30. The summed E-state index contributed by atoms with van der Waals surface area (Å²) in [5, 5.41) is 18.6. The van der Waals surface area contributed by atoms with Gasteiger partial charge < -0.3 is 9.64 Å². The van der Waals surface area contributed by atoms with Gasteiger partial charge in [-0.25, -0.2) is 9.67 Å². The first-order valence-electron chi connectivity index (χ1n) is 9.10. The molecule has 0 N–H and O–H groups in total. The highest BCUT2D eigenvalue weighted by Crippen LogP contribution is 2.30. The molecule has 5 rings (SSSR count). The van der Waals surface area contributed by atoms with E-state index in [0.29, 0.717) is 12.5 Å². The van der Waals surface area contributed by atoms with Crippen molar-refractivity contribution >= 4 is 22.3 Å². The third kappa shape index (κ3) is 3.12. The largest absolute Gasteiger partial charge is 0.377 e. The van der Waals surface area contributed by atoms with Crippen LogP contribution in [0.4, 0.5) is 5.13 Å². The molecular formula is C17H19N9OS. The number of hydrogen-bond acceptors (Lipinski definition) is 9. The molecular weight excluding hydrogens is 378 g/mol. The molecule has 0 atom stereocenters. The molecule has 0 aliphatic carbocycles. The minimum Gasteiger partial charge on any atom is -0.377 e. The van der Waals surface area contributed by atoms with Crippen molar-refractivity contribution in [3.8, 4) is 5.82 Å². The number of rotatable bonds is 5. The summed E-state index contributed by atoms with van der Waals surface area (Å²) in [7, 11) is 1.65. The van der Waals surface area contributed by atoms with Crippen LogP contribution in [0.2, 0.25) is 0 Å². The summed E-state index contributed by atoms with van der Waals surface area (Å²) in [6.07, 6.45) is 5.54. The van der Waals surface area contributed by atoms with Gasteiger partial charge in [0.1, 0.15) is 6.61 Å². The van der Waals surface area contributed by atoms with Gasteiger partial charge in [0.15, 0.2) is 23.1 Å². The van der Waals surface area contributed by atoms with Crippen LogP contribution < -0.4 is 4.90 Å². The van der Waals surface area contributed by atoms with Crippen LogP contribution in [0.25, 0.3) is 11.5 Å². The van der Waals surface area contributed by atoms with Gasteiger partial charge in [-0.2, -0.15) is 14.0 Å². The molecule has 0 bridgehead atoms. The third-order valence-corrected chi connectivity index (χ3v) is 5.69. The Morgan fingerprint density at radius 1 is 1.21 bits per heavy atom. The number of piperidine rings is 1. The Balaban J connectivity index is 1.34. The van der Waals surface area contributed by atoms with E-state index in [4.69, 9.17) is 9.84 Å². The molecule has 0 unspecified atom stereocenters. The van der Waals surface area contributed by atoms with E-state index in [9.17, 15) is 0 Å². The number of aromatic nitrogens is 8. The maximum Gasteiger partial charge on any atom is 0.205 e. The minimum atomic E-state index is 0.304. The molecule has 1 fully saturated rings. The Kier molecular flexibility index (Phi) is 4.45. The zero-order valence-electron chi connectivity index (χ0n) is 15.3. The fourth-order valence-electron chi connectivity index (χ4n) is 3.47. The van der Waals surface area contributed by atoms with Crippen molar-refractivity contribution < 1.29 is 4.74 Å². The number of nitrogens with zero attached hydrogens (tertiary/aromatic N) is 9. The average molecular weight is 397 g/mol. The van der Waals surface area contributed by atoms with Gasteiger partial charge in [-0.05, 0) is 31.0 Å². The summed E-state index contributed by atoms with van der Waals surface area (Å²) >= 11 is 1.43. The molecule has 0 aromatic carbocycles. The SMILES string of the molecule is COCc1nsc(N2CCC(c3nnc4ccc(-n5cccn5)nn34)CC2)n1. The molecule has 1 saturated heterocycles. The maximum atomic E-state index is 5.10. The lowest BCUT2D eigenvalue weighted by molar-refractivity contribution is 0.179. The zero-order chi connectivity index (χ0) is 18.9. The molecule has 4 aromatic heterocycles. The van der Waals surface area contributed by atoms with E-state index < -0.39 is 0 Å². The van der Waals surface area contributed by atoms with Crippen molar-refractivity contribution in [1.82, 2.24) is 38.9 Å². The van der Waals surface area contributed by atoms with E-state index in [-0.39, 0.29) is 0 Å². The molecule has 5 heterocycles. The topological polar surface area (TPSA) is 99.2 Å². The highest BCUT2D eigenvalue weighted by Gasteiger charge is 2.27. The van der Waals surface area contributed by atoms with Gasteiger partial charge in [-0.15, -0.1) is 15.3 Å². The Morgan fingerprint density at radius 2 is 2.11 bits per heavy atom. The second-order valence-electron chi connectivity index (χ2n) is 6.66. The van der Waals surface area contributed by atoms with E-state index in [2.05, 4.69) is 29.6 Å². The summed E-state index contributed by atoms with van der Waals surface area (Å²) in [6, 6.07) is 5.70. The summed E-state index contributed by atoms with van der Waals surface area (Å²) in [6.45, 7) is 2.25. The van der Waals surface area contributed by atoms with Crippen molar-refractivity contribution in [1.29, 1.82) is 0 Å². The Morgan fingerprint density at radius 3 is 2.89 bits per heavy atom. The van der Waals surface area contributed by atoms with Gasteiger partial charge in [0.05, 0.1) is 0 Å². The van der Waals surface area contributed by atoms with Crippen molar-refractivity contribution in [2.75, 3.05) is 25.1 Å². The van der Waals surface area contributed by atoms with Crippen molar-refractivity contribution in [2.24, 2.45) is 0 Å². The van der Waals surface area contributed by atoms with Crippen LogP contribution >= 0.6 is 11.5 Å². The molecule has 0 spiro atoms. The van der Waals surface area contributed by atoms with E-state index in [1.165, 1.54) is 11.5 Å². The second kappa shape index (κ2) is 7.24. The summed E-state index contributed by atoms with van der Waals surface area (Å²) in [5.74, 6) is 2.69. The molecule has 4 aromatic rings. The highest BCUT2D eigenvalue weighted by atomic mass is 32.1. The standard InChI is InChI=1S/C17H19N9OS/c1-27-11-13-19-17(28-23-13)24-9-5-12(6-10-24)16-21-20-14-3-4-15(22-26(14)16)25-8-2-7-18-25/h2-4,7-8,12H,5-6,9-11H2,1H3. The van der Waals surface area contributed by atoms with E-state index in [1.807, 2.05) is 28.9 Å². The van der Waals surface area contributed by atoms with Crippen LogP contribution in [0.1, 0.15) is 30.4 Å². The predicted molar refractivity (Wildman–Crippen MR) is 103 cm³/mol. The molecule has 11 heteroatoms. The van der Waals surface area contributed by atoms with Crippen molar-refractivity contribution in [3.05, 3.63) is 42.2 Å². The van der Waals surface area contributed by atoms with Crippen LogP contribution in [0.5, 0.6) is 0 Å². The lowest BCUT2D eigenvalue weighted by atomic mass is 9.96. The van der Waals surface area contributed by atoms with Crippen molar-refractivity contribution in [2.45, 2.75) is 25.4 Å². The monoisotopic (exact) mass is 397 g/mol. The van der Waals surface area contributed by atoms with Gasteiger partial charge in [0.2, 0.25) is 5.13 Å². The number of ether oxygens (including phenoxy) is 1. The van der Waals surface area contributed by atoms with Gasteiger partial charge in [0, 0.05) is 50.0 Å². The van der Waals surface area contributed by atoms with E-state index >= 15 is 0 Å². The summed E-state index contributed by atoms with van der Waals surface area (Å²) < 4.78 is 13.0. The maximum absolute atomic E-state index is 5.10. The molecule has 10 nitrogen and oxygen atoms in total. The van der Waals surface area contributed by atoms with E-state index in [0.717, 1.165) is 54.2 Å². The van der Waals surface area contributed by atoms with Crippen LogP contribution in [0.15, 0.2) is 30.6 Å². The second-order valence-corrected chi connectivity index (χ2v) is 7.39. The van der Waals surface area contributed by atoms with Crippen LogP contribution in [0.3, 0.4) is 0 Å². The average Bonchev–Trinajstić information content (AvgIpc) is 3.48. The molecule has 1 aliphatic heterocycles. The number of fused-ring (bicyclic) bond motifs is 1. The summed E-state index contributed by atoms with van der Waals surface area (Å²) in [5.41, 5.74) is 0.752. The fourth-order valence-corrected chi connectivity index (χ4v) is 4.19. The molecule has 1 aliphatic rings. The summed E-state index contributed by atoms with van der Waals surface area (Å²) in [4.78, 5) is 6.83. The highest BCUT2D eigenvalue weighted by molar-refractivity contribution is 7.09. The Bertz CT molecular complexity index is 1070. The fraction of sp³-hybridized carbons (Fsp3) is 0.412. The van der Waals surface area contributed by atoms with E-state index in [1.54, 1.807) is 18.0 Å². The first-order chi connectivity index (χ1) is 13.8. The van der Waals surface area contributed by atoms with Gasteiger partial charge in [-0.3, -0.25) is 0 Å². The first-order valence-corrected chi connectivity index (χ1v) is 9.88. The van der Waals surface area contributed by atoms with Crippen molar-refractivity contribution in [3.63, 3.8) is 0 Å². The van der Waals surface area contributed by atoms with Crippen LogP contribution in [-0.4, -0.2) is 59.1 Å². The molecule has 0 amide bonds. The molecule has 0 radical (unpaired) electrons.